The first-order valence-corrected chi connectivity index (χ1v) is 11.5. The van der Waals surface area contributed by atoms with Gasteiger partial charge in [-0.25, -0.2) is 13.2 Å². The molecule has 1 N–H and O–H groups in total. The topological polar surface area (TPSA) is 115 Å². The van der Waals surface area contributed by atoms with Crippen LogP contribution in [0, 0.1) is 0 Å². The second-order valence-electron chi connectivity index (χ2n) is 7.23. The van der Waals surface area contributed by atoms with Crippen LogP contribution in [0.25, 0.3) is 11.0 Å². The Bertz CT molecular complexity index is 1210. The Kier molecular flexibility index (Phi) is 6.26. The highest BCUT2D eigenvalue weighted by Crippen LogP contribution is 2.22. The number of amides is 1. The normalized spacial score (nSPS) is 15.9. The molecule has 2 aromatic carbocycles. The Morgan fingerprint density at radius 3 is 2.56 bits per heavy atom. The number of morpholine rings is 1. The molecule has 2 heterocycles. The van der Waals surface area contributed by atoms with Crippen LogP contribution in [0.3, 0.4) is 0 Å². The molecule has 0 spiro atoms. The average Bonchev–Trinajstić information content (AvgIpc) is 3.24. The number of para-hydroxylation sites is 1. The first-order chi connectivity index (χ1) is 15.3. The standard InChI is InChI=1S/C22H22N2O7S/c1-15(30-22(26)20-13-16-5-2-3-8-19(16)31-20)21(25)23-17-6-4-7-18(14-17)32(27,28)24-9-11-29-12-10-24/h2-8,13-15H,9-12H2,1H3,(H,23,25)/t15-/m0/s1. The number of nitrogens with one attached hydrogen (secondary N) is 1. The molecule has 1 aliphatic heterocycles. The maximum atomic E-state index is 12.8. The number of carbonyl (C=O) groups excluding carboxylic acids is 2. The van der Waals surface area contributed by atoms with E-state index in [1.54, 1.807) is 30.3 Å². The number of ether oxygens (including phenoxy) is 2. The molecule has 1 saturated heterocycles. The summed E-state index contributed by atoms with van der Waals surface area (Å²) in [6.45, 7) is 2.64. The summed E-state index contributed by atoms with van der Waals surface area (Å²) in [6.07, 6.45) is -1.13. The largest absolute Gasteiger partial charge is 0.449 e. The highest BCUT2D eigenvalue weighted by Gasteiger charge is 2.27. The number of fused-ring (bicyclic) bond motifs is 1. The van der Waals surface area contributed by atoms with Gasteiger partial charge >= 0.3 is 5.97 Å². The average molecular weight is 458 g/mol. The maximum absolute atomic E-state index is 12.8. The summed E-state index contributed by atoms with van der Waals surface area (Å²) in [4.78, 5) is 24.9. The van der Waals surface area contributed by atoms with Crippen LogP contribution in [0.2, 0.25) is 0 Å². The number of carbonyl (C=O) groups is 2. The quantitative estimate of drug-likeness (QED) is 0.565. The lowest BCUT2D eigenvalue weighted by Gasteiger charge is -2.26. The van der Waals surface area contributed by atoms with E-state index in [1.165, 1.54) is 29.4 Å². The highest BCUT2D eigenvalue weighted by molar-refractivity contribution is 7.89. The van der Waals surface area contributed by atoms with Crippen molar-refractivity contribution in [1.82, 2.24) is 4.31 Å². The smallest absolute Gasteiger partial charge is 0.375 e. The third-order valence-corrected chi connectivity index (χ3v) is 6.88. The third kappa shape index (κ3) is 4.67. The van der Waals surface area contributed by atoms with Gasteiger partial charge in [0, 0.05) is 24.2 Å². The molecule has 1 aliphatic rings. The molecule has 1 fully saturated rings. The van der Waals surface area contributed by atoms with Gasteiger partial charge in [-0.3, -0.25) is 4.79 Å². The van der Waals surface area contributed by atoms with Crippen LogP contribution < -0.4 is 5.32 Å². The Morgan fingerprint density at radius 2 is 1.81 bits per heavy atom. The van der Waals surface area contributed by atoms with E-state index < -0.39 is 28.0 Å². The number of sulfonamides is 1. The van der Waals surface area contributed by atoms with Gasteiger partial charge in [-0.15, -0.1) is 0 Å². The third-order valence-electron chi connectivity index (χ3n) is 4.99. The molecular weight excluding hydrogens is 436 g/mol. The van der Waals surface area contributed by atoms with Crippen molar-refractivity contribution in [3.63, 3.8) is 0 Å². The zero-order valence-corrected chi connectivity index (χ0v) is 18.1. The van der Waals surface area contributed by atoms with Gasteiger partial charge in [0.2, 0.25) is 15.8 Å². The second kappa shape index (κ2) is 9.11. The summed E-state index contributed by atoms with van der Waals surface area (Å²) in [5.74, 6) is -1.38. The molecule has 168 valence electrons. The molecule has 32 heavy (non-hydrogen) atoms. The van der Waals surface area contributed by atoms with Crippen molar-refractivity contribution in [3.8, 4) is 0 Å². The molecule has 9 nitrogen and oxygen atoms in total. The number of hydrogen-bond donors (Lipinski definition) is 1. The summed E-state index contributed by atoms with van der Waals surface area (Å²) < 4.78 is 42.8. The Morgan fingerprint density at radius 1 is 1.06 bits per heavy atom. The predicted octanol–water partition coefficient (Wildman–Crippen LogP) is 2.64. The Labute approximate surface area is 184 Å². The van der Waals surface area contributed by atoms with Gasteiger partial charge in [0.1, 0.15) is 5.58 Å². The molecule has 4 rings (SSSR count). The summed E-state index contributed by atoms with van der Waals surface area (Å²) in [6, 6.07) is 14.6. The van der Waals surface area contributed by atoms with Crippen LogP contribution in [0.5, 0.6) is 0 Å². The van der Waals surface area contributed by atoms with Crippen molar-refractivity contribution in [2.45, 2.75) is 17.9 Å². The van der Waals surface area contributed by atoms with E-state index in [4.69, 9.17) is 13.9 Å². The van der Waals surface area contributed by atoms with Gasteiger partial charge in [0.25, 0.3) is 5.91 Å². The van der Waals surface area contributed by atoms with Gasteiger partial charge in [-0.05, 0) is 37.3 Å². The number of nitrogens with zero attached hydrogens (tertiary/aromatic N) is 1. The molecule has 0 aliphatic carbocycles. The van der Waals surface area contributed by atoms with Crippen LogP contribution >= 0.6 is 0 Å². The lowest BCUT2D eigenvalue weighted by atomic mass is 10.2. The van der Waals surface area contributed by atoms with E-state index in [0.717, 1.165) is 5.39 Å². The van der Waals surface area contributed by atoms with Crippen molar-refractivity contribution in [3.05, 3.63) is 60.4 Å². The van der Waals surface area contributed by atoms with Crippen molar-refractivity contribution in [2.75, 3.05) is 31.6 Å². The van der Waals surface area contributed by atoms with Gasteiger partial charge < -0.3 is 19.2 Å². The number of esters is 1. The lowest BCUT2D eigenvalue weighted by molar-refractivity contribution is -0.123. The SMILES string of the molecule is C[C@H](OC(=O)c1cc2ccccc2o1)C(=O)Nc1cccc(S(=O)(=O)N2CCOCC2)c1. The van der Waals surface area contributed by atoms with E-state index in [2.05, 4.69) is 5.32 Å². The molecule has 1 aromatic heterocycles. The van der Waals surface area contributed by atoms with Crippen LogP contribution in [0.1, 0.15) is 17.5 Å². The number of furan rings is 1. The minimum atomic E-state index is -3.70. The van der Waals surface area contributed by atoms with Crippen LogP contribution in [-0.2, 0) is 24.3 Å². The van der Waals surface area contributed by atoms with Gasteiger partial charge in [-0.1, -0.05) is 24.3 Å². The minimum absolute atomic E-state index is 0.00977. The maximum Gasteiger partial charge on any atom is 0.375 e. The molecule has 0 bridgehead atoms. The fourth-order valence-corrected chi connectivity index (χ4v) is 4.72. The summed E-state index contributed by atoms with van der Waals surface area (Å²) in [5, 5.41) is 3.33. The van der Waals surface area contributed by atoms with Crippen LogP contribution in [0.4, 0.5) is 5.69 Å². The number of anilines is 1. The minimum Gasteiger partial charge on any atom is -0.449 e. The van der Waals surface area contributed by atoms with Crippen LogP contribution in [0.15, 0.2) is 63.9 Å². The summed E-state index contributed by atoms with van der Waals surface area (Å²) in [5.41, 5.74) is 0.811. The van der Waals surface area contributed by atoms with Crippen molar-refractivity contribution >= 4 is 38.6 Å². The lowest BCUT2D eigenvalue weighted by Crippen LogP contribution is -2.40. The number of rotatable bonds is 6. The fourth-order valence-electron chi connectivity index (χ4n) is 3.27. The fraction of sp³-hybridized carbons (Fsp3) is 0.273. The highest BCUT2D eigenvalue weighted by atomic mass is 32.2. The van der Waals surface area contributed by atoms with E-state index in [9.17, 15) is 18.0 Å². The Balaban J connectivity index is 1.42. The first-order valence-electron chi connectivity index (χ1n) is 10.0. The predicted molar refractivity (Wildman–Crippen MR) is 116 cm³/mol. The molecule has 0 unspecified atom stereocenters. The zero-order valence-electron chi connectivity index (χ0n) is 17.3. The van der Waals surface area contributed by atoms with Gasteiger partial charge in [-0.2, -0.15) is 4.31 Å². The van der Waals surface area contributed by atoms with E-state index in [1.807, 2.05) is 6.07 Å². The molecule has 1 amide bonds. The van der Waals surface area contributed by atoms with Gasteiger partial charge in [0.05, 0.1) is 18.1 Å². The van der Waals surface area contributed by atoms with E-state index in [-0.39, 0.29) is 29.4 Å². The van der Waals surface area contributed by atoms with Crippen molar-refractivity contribution in [2.24, 2.45) is 0 Å². The zero-order chi connectivity index (χ0) is 22.7. The number of hydrogen-bond acceptors (Lipinski definition) is 7. The monoisotopic (exact) mass is 458 g/mol. The summed E-state index contributed by atoms with van der Waals surface area (Å²) >= 11 is 0. The van der Waals surface area contributed by atoms with E-state index >= 15 is 0 Å². The molecular formula is C22H22N2O7S. The first kappa shape index (κ1) is 22.0. The molecule has 3 aromatic rings. The van der Waals surface area contributed by atoms with E-state index in [0.29, 0.717) is 18.8 Å². The van der Waals surface area contributed by atoms with Crippen LogP contribution in [-0.4, -0.2) is 57.0 Å². The van der Waals surface area contributed by atoms with Gasteiger partial charge in [0.15, 0.2) is 6.10 Å². The Hall–Kier alpha value is -3.21. The molecule has 0 radical (unpaired) electrons. The van der Waals surface area contributed by atoms with Crippen molar-refractivity contribution in [1.29, 1.82) is 0 Å². The molecule has 1 atom stereocenters. The summed E-state index contributed by atoms with van der Waals surface area (Å²) in [7, 11) is -3.70. The molecule has 10 heteroatoms. The number of benzene rings is 2. The second-order valence-corrected chi connectivity index (χ2v) is 9.17. The molecule has 0 saturated carbocycles. The van der Waals surface area contributed by atoms with Crippen molar-refractivity contribution < 1.29 is 31.9 Å².